The maximum Gasteiger partial charge on any atom is 0.0550 e. The molecule has 0 fully saturated rings. The Balaban J connectivity index is 3.33. The molecule has 12 heavy (non-hydrogen) atoms. The maximum absolute atomic E-state index is 5.79. The van der Waals surface area contributed by atoms with Crippen LogP contribution in [0.1, 0.15) is 59.8 Å². The minimum absolute atomic E-state index is 0.446. The highest BCUT2D eigenvalue weighted by Crippen LogP contribution is 2.09. The summed E-state index contributed by atoms with van der Waals surface area (Å²) in [6.45, 7) is 8.78. The maximum atomic E-state index is 5.79. The van der Waals surface area contributed by atoms with Crippen LogP contribution >= 0.6 is 0 Å². The Morgan fingerprint density at radius 2 is 1.50 bits per heavy atom. The topological polar surface area (TPSA) is 9.23 Å². The molecule has 2 atom stereocenters. The van der Waals surface area contributed by atoms with Crippen LogP contribution in [0.2, 0.25) is 0 Å². The predicted octanol–water partition coefficient (Wildman–Crippen LogP) is 3.77. The van der Waals surface area contributed by atoms with Crippen molar-refractivity contribution in [3.05, 3.63) is 0 Å². The highest BCUT2D eigenvalue weighted by atomic mass is 16.5. The van der Waals surface area contributed by atoms with Crippen LogP contribution in [0.4, 0.5) is 0 Å². The third-order valence-electron chi connectivity index (χ3n) is 2.12. The van der Waals surface area contributed by atoms with E-state index in [4.69, 9.17) is 4.74 Å². The van der Waals surface area contributed by atoms with Gasteiger partial charge in [0.25, 0.3) is 0 Å². The lowest BCUT2D eigenvalue weighted by atomic mass is 10.1. The van der Waals surface area contributed by atoms with Gasteiger partial charge in [-0.05, 0) is 26.7 Å². The molecule has 0 bridgehead atoms. The molecule has 2 unspecified atom stereocenters. The highest BCUT2D eigenvalue weighted by Gasteiger charge is 2.06. The van der Waals surface area contributed by atoms with Crippen molar-refractivity contribution >= 4 is 0 Å². The van der Waals surface area contributed by atoms with Gasteiger partial charge in [-0.15, -0.1) is 0 Å². The Labute approximate surface area is 77.5 Å². The van der Waals surface area contributed by atoms with Gasteiger partial charge >= 0.3 is 0 Å². The van der Waals surface area contributed by atoms with Gasteiger partial charge in [-0.2, -0.15) is 0 Å². The van der Waals surface area contributed by atoms with E-state index in [9.17, 15) is 0 Å². The molecular weight excluding hydrogens is 148 g/mol. The summed E-state index contributed by atoms with van der Waals surface area (Å²) in [5.41, 5.74) is 0. The van der Waals surface area contributed by atoms with E-state index >= 15 is 0 Å². The minimum atomic E-state index is 0.446. The van der Waals surface area contributed by atoms with Gasteiger partial charge in [0.2, 0.25) is 0 Å². The fraction of sp³-hybridized carbons (Fsp3) is 1.00. The normalized spacial score (nSPS) is 16.0. The first-order chi connectivity index (χ1) is 5.70. The number of rotatable bonds is 7. The van der Waals surface area contributed by atoms with Crippen molar-refractivity contribution in [1.82, 2.24) is 0 Å². The van der Waals surface area contributed by atoms with Gasteiger partial charge in [0.05, 0.1) is 12.2 Å². The van der Waals surface area contributed by atoms with Crippen LogP contribution < -0.4 is 0 Å². The standard InChI is InChI=1S/C11H24O/c1-5-7-9-11(4)12-10(3)8-6-2/h10-11H,5-9H2,1-4H3. The Hall–Kier alpha value is -0.0400. The molecule has 0 aromatic heterocycles. The second kappa shape index (κ2) is 7.60. The number of unbranched alkanes of at least 4 members (excludes halogenated alkanes) is 1. The van der Waals surface area contributed by atoms with Crippen LogP contribution in [-0.4, -0.2) is 12.2 Å². The van der Waals surface area contributed by atoms with E-state index in [1.165, 1.54) is 32.1 Å². The van der Waals surface area contributed by atoms with E-state index in [-0.39, 0.29) is 0 Å². The zero-order valence-electron chi connectivity index (χ0n) is 9.10. The van der Waals surface area contributed by atoms with Crippen LogP contribution in [0.5, 0.6) is 0 Å². The summed E-state index contributed by atoms with van der Waals surface area (Å²) in [6, 6.07) is 0. The van der Waals surface area contributed by atoms with Crippen LogP contribution in [-0.2, 0) is 4.74 Å². The molecule has 0 aliphatic rings. The van der Waals surface area contributed by atoms with E-state index in [2.05, 4.69) is 27.7 Å². The SMILES string of the molecule is CCCCC(C)OC(C)CCC. The average molecular weight is 172 g/mol. The third kappa shape index (κ3) is 6.66. The van der Waals surface area contributed by atoms with Crippen LogP contribution in [0, 0.1) is 0 Å². The highest BCUT2D eigenvalue weighted by molar-refractivity contribution is 4.55. The summed E-state index contributed by atoms with van der Waals surface area (Å²) in [5, 5.41) is 0. The van der Waals surface area contributed by atoms with E-state index in [0.29, 0.717) is 12.2 Å². The average Bonchev–Trinajstić information content (AvgIpc) is 2.01. The van der Waals surface area contributed by atoms with Gasteiger partial charge in [0.15, 0.2) is 0 Å². The number of ether oxygens (including phenoxy) is 1. The molecule has 0 aliphatic heterocycles. The molecule has 0 saturated carbocycles. The molecular formula is C11H24O. The predicted molar refractivity (Wildman–Crippen MR) is 54.4 cm³/mol. The third-order valence-corrected chi connectivity index (χ3v) is 2.12. The van der Waals surface area contributed by atoms with Crippen molar-refractivity contribution in [1.29, 1.82) is 0 Å². The van der Waals surface area contributed by atoms with Crippen molar-refractivity contribution in [3.63, 3.8) is 0 Å². The molecule has 0 aliphatic carbocycles. The van der Waals surface area contributed by atoms with E-state index < -0.39 is 0 Å². The zero-order valence-corrected chi connectivity index (χ0v) is 9.10. The molecule has 0 aromatic carbocycles. The molecule has 0 rings (SSSR count). The van der Waals surface area contributed by atoms with Crippen LogP contribution in [0.25, 0.3) is 0 Å². The molecule has 0 spiro atoms. The molecule has 0 saturated heterocycles. The number of hydrogen-bond acceptors (Lipinski definition) is 1. The molecule has 0 amide bonds. The van der Waals surface area contributed by atoms with Crippen molar-refractivity contribution in [3.8, 4) is 0 Å². The molecule has 1 heteroatoms. The lowest BCUT2D eigenvalue weighted by Crippen LogP contribution is -2.16. The second-order valence-corrected chi connectivity index (χ2v) is 3.69. The minimum Gasteiger partial charge on any atom is -0.376 e. The fourth-order valence-corrected chi connectivity index (χ4v) is 1.43. The van der Waals surface area contributed by atoms with Gasteiger partial charge in [0, 0.05) is 0 Å². The summed E-state index contributed by atoms with van der Waals surface area (Å²) < 4.78 is 5.79. The van der Waals surface area contributed by atoms with E-state index in [1.807, 2.05) is 0 Å². The van der Waals surface area contributed by atoms with E-state index in [1.54, 1.807) is 0 Å². The van der Waals surface area contributed by atoms with Crippen LogP contribution in [0.15, 0.2) is 0 Å². The summed E-state index contributed by atoms with van der Waals surface area (Å²) in [6.07, 6.45) is 7.09. The Kier molecular flexibility index (Phi) is 7.58. The Bertz CT molecular complexity index is 91.0. The van der Waals surface area contributed by atoms with Crippen molar-refractivity contribution < 1.29 is 4.74 Å². The molecule has 0 heterocycles. The summed E-state index contributed by atoms with van der Waals surface area (Å²) in [4.78, 5) is 0. The molecule has 0 N–H and O–H groups in total. The zero-order chi connectivity index (χ0) is 9.40. The largest absolute Gasteiger partial charge is 0.376 e. The lowest BCUT2D eigenvalue weighted by Gasteiger charge is -2.18. The summed E-state index contributed by atoms with van der Waals surface area (Å²) in [5.74, 6) is 0. The number of hydrogen-bond donors (Lipinski definition) is 0. The monoisotopic (exact) mass is 172 g/mol. The molecule has 74 valence electrons. The summed E-state index contributed by atoms with van der Waals surface area (Å²) >= 11 is 0. The van der Waals surface area contributed by atoms with Crippen molar-refractivity contribution in [2.45, 2.75) is 72.0 Å². The Morgan fingerprint density at radius 3 is 2.00 bits per heavy atom. The van der Waals surface area contributed by atoms with Crippen molar-refractivity contribution in [2.75, 3.05) is 0 Å². The van der Waals surface area contributed by atoms with Crippen LogP contribution in [0.3, 0.4) is 0 Å². The quantitative estimate of drug-likeness (QED) is 0.568. The van der Waals surface area contributed by atoms with Gasteiger partial charge in [-0.3, -0.25) is 0 Å². The van der Waals surface area contributed by atoms with Gasteiger partial charge < -0.3 is 4.74 Å². The molecule has 0 radical (unpaired) electrons. The first-order valence-electron chi connectivity index (χ1n) is 5.36. The molecule has 1 nitrogen and oxygen atoms in total. The second-order valence-electron chi connectivity index (χ2n) is 3.69. The lowest BCUT2D eigenvalue weighted by molar-refractivity contribution is -0.00119. The van der Waals surface area contributed by atoms with E-state index in [0.717, 1.165) is 0 Å². The molecule has 0 aromatic rings. The van der Waals surface area contributed by atoms with Gasteiger partial charge in [-0.25, -0.2) is 0 Å². The fourth-order valence-electron chi connectivity index (χ4n) is 1.43. The first-order valence-corrected chi connectivity index (χ1v) is 5.36. The Morgan fingerprint density at radius 1 is 0.917 bits per heavy atom. The smallest absolute Gasteiger partial charge is 0.0550 e. The van der Waals surface area contributed by atoms with Crippen molar-refractivity contribution in [2.24, 2.45) is 0 Å². The first kappa shape index (κ1) is 12.0. The van der Waals surface area contributed by atoms with Gasteiger partial charge in [-0.1, -0.05) is 33.1 Å². The van der Waals surface area contributed by atoms with Gasteiger partial charge in [0.1, 0.15) is 0 Å². The summed E-state index contributed by atoms with van der Waals surface area (Å²) in [7, 11) is 0.